The van der Waals surface area contributed by atoms with E-state index in [2.05, 4.69) is 25.6 Å². The maximum Gasteiger partial charge on any atom is 0.254 e. The molecule has 0 atom stereocenters. The Morgan fingerprint density at radius 2 is 1.95 bits per heavy atom. The maximum atomic E-state index is 11.9. The van der Waals surface area contributed by atoms with Crippen molar-refractivity contribution in [3.63, 3.8) is 0 Å². The van der Waals surface area contributed by atoms with Crippen LogP contribution in [0.2, 0.25) is 0 Å². The zero-order valence-electron chi connectivity index (χ0n) is 11.5. The predicted octanol–water partition coefficient (Wildman–Crippen LogP) is 1.62. The molecule has 0 aromatic carbocycles. The second-order valence-corrected chi connectivity index (χ2v) is 4.60. The first-order valence-corrected chi connectivity index (χ1v) is 6.42. The van der Waals surface area contributed by atoms with Crippen LogP contribution in [0.25, 0.3) is 0 Å². The topological polar surface area (TPSA) is 79.8 Å². The Morgan fingerprint density at radius 1 is 1.20 bits per heavy atom. The van der Waals surface area contributed by atoms with Gasteiger partial charge in [-0.05, 0) is 26.0 Å². The molecule has 1 amide bonds. The van der Waals surface area contributed by atoms with E-state index in [-0.39, 0.29) is 11.9 Å². The summed E-state index contributed by atoms with van der Waals surface area (Å²) < 4.78 is 0. The van der Waals surface area contributed by atoms with Crippen molar-refractivity contribution in [1.82, 2.24) is 20.3 Å². The first-order chi connectivity index (χ1) is 9.65. The Kier molecular flexibility index (Phi) is 4.60. The fourth-order valence-corrected chi connectivity index (χ4v) is 1.55. The molecule has 0 bridgehead atoms. The van der Waals surface area contributed by atoms with Gasteiger partial charge < -0.3 is 10.6 Å². The van der Waals surface area contributed by atoms with Crippen LogP contribution in [0.3, 0.4) is 0 Å². The minimum atomic E-state index is -0.216. The maximum absolute atomic E-state index is 11.9. The first kappa shape index (κ1) is 13.9. The van der Waals surface area contributed by atoms with Gasteiger partial charge in [-0.15, -0.1) is 0 Å². The van der Waals surface area contributed by atoms with Gasteiger partial charge in [0.25, 0.3) is 5.91 Å². The van der Waals surface area contributed by atoms with E-state index in [1.54, 1.807) is 6.20 Å². The fourth-order valence-electron chi connectivity index (χ4n) is 1.55. The van der Waals surface area contributed by atoms with Crippen molar-refractivity contribution in [2.75, 3.05) is 5.32 Å². The van der Waals surface area contributed by atoms with Crippen molar-refractivity contribution in [3.05, 3.63) is 48.0 Å². The molecule has 0 fully saturated rings. The Hall–Kier alpha value is -2.50. The summed E-state index contributed by atoms with van der Waals surface area (Å²) in [5, 5.41) is 5.84. The number of nitrogens with zero attached hydrogens (tertiary/aromatic N) is 3. The van der Waals surface area contributed by atoms with Crippen LogP contribution in [-0.4, -0.2) is 26.9 Å². The monoisotopic (exact) mass is 271 g/mol. The van der Waals surface area contributed by atoms with Gasteiger partial charge in [0.2, 0.25) is 5.95 Å². The number of carbonyl (C=O) groups excluding carboxylic acids is 1. The van der Waals surface area contributed by atoms with Crippen LogP contribution in [0.15, 0.2) is 36.8 Å². The average Bonchev–Trinajstić information content (AvgIpc) is 2.46. The fraction of sp³-hybridized carbons (Fsp3) is 0.286. The molecule has 0 aliphatic rings. The molecule has 2 aromatic rings. The molecule has 6 heteroatoms. The molecule has 2 rings (SSSR count). The molecule has 0 saturated heterocycles. The second kappa shape index (κ2) is 6.60. The quantitative estimate of drug-likeness (QED) is 0.864. The molecule has 104 valence electrons. The van der Waals surface area contributed by atoms with Crippen LogP contribution in [0.1, 0.15) is 29.9 Å². The smallest absolute Gasteiger partial charge is 0.254 e. The summed E-state index contributed by atoms with van der Waals surface area (Å²) >= 11 is 0. The molecule has 0 radical (unpaired) electrons. The van der Waals surface area contributed by atoms with Crippen LogP contribution in [0.4, 0.5) is 5.95 Å². The van der Waals surface area contributed by atoms with Gasteiger partial charge in [-0.2, -0.15) is 0 Å². The van der Waals surface area contributed by atoms with Crippen molar-refractivity contribution >= 4 is 11.9 Å². The van der Waals surface area contributed by atoms with E-state index < -0.39 is 0 Å². The summed E-state index contributed by atoms with van der Waals surface area (Å²) in [5.41, 5.74) is 1.23. The van der Waals surface area contributed by atoms with Crippen LogP contribution in [-0.2, 0) is 6.54 Å². The normalized spacial score (nSPS) is 10.3. The van der Waals surface area contributed by atoms with Gasteiger partial charge in [0.15, 0.2) is 0 Å². The minimum Gasteiger partial charge on any atom is -0.352 e. The summed E-state index contributed by atoms with van der Waals surface area (Å²) in [5.74, 6) is 0.299. The number of hydrogen-bond donors (Lipinski definition) is 2. The molecular formula is C14H17N5O. The molecule has 6 nitrogen and oxygen atoms in total. The largest absolute Gasteiger partial charge is 0.352 e. The average molecular weight is 271 g/mol. The summed E-state index contributed by atoms with van der Waals surface area (Å²) in [7, 11) is 0. The number of carbonyl (C=O) groups is 1. The van der Waals surface area contributed by atoms with Crippen molar-refractivity contribution in [2.45, 2.75) is 26.4 Å². The van der Waals surface area contributed by atoms with E-state index in [1.165, 1.54) is 12.4 Å². The molecule has 0 aliphatic carbocycles. The van der Waals surface area contributed by atoms with Crippen LogP contribution in [0.5, 0.6) is 0 Å². The Bertz CT molecular complexity index is 554. The third-order valence-corrected chi connectivity index (χ3v) is 2.49. The zero-order valence-corrected chi connectivity index (χ0v) is 11.5. The summed E-state index contributed by atoms with van der Waals surface area (Å²) in [6, 6.07) is 5.81. The number of amides is 1. The van der Waals surface area contributed by atoms with Gasteiger partial charge in [-0.25, -0.2) is 9.97 Å². The summed E-state index contributed by atoms with van der Waals surface area (Å²) in [6.45, 7) is 4.37. The van der Waals surface area contributed by atoms with E-state index in [0.29, 0.717) is 18.1 Å². The van der Waals surface area contributed by atoms with Gasteiger partial charge in [-0.1, -0.05) is 6.07 Å². The van der Waals surface area contributed by atoms with Crippen molar-refractivity contribution in [3.8, 4) is 0 Å². The molecule has 0 spiro atoms. The number of rotatable bonds is 5. The first-order valence-electron chi connectivity index (χ1n) is 6.42. The van der Waals surface area contributed by atoms with Gasteiger partial charge in [-0.3, -0.25) is 9.78 Å². The third kappa shape index (κ3) is 4.01. The number of hydrogen-bond acceptors (Lipinski definition) is 5. The SMILES string of the molecule is CC(C)Nc1ncc(C(=O)NCc2ccccn2)cn1. The van der Waals surface area contributed by atoms with Crippen molar-refractivity contribution in [2.24, 2.45) is 0 Å². The Morgan fingerprint density at radius 3 is 2.55 bits per heavy atom. The minimum absolute atomic E-state index is 0.216. The van der Waals surface area contributed by atoms with Gasteiger partial charge in [0.05, 0.1) is 17.8 Å². The van der Waals surface area contributed by atoms with E-state index in [9.17, 15) is 4.79 Å². The number of nitrogens with one attached hydrogen (secondary N) is 2. The Balaban J connectivity index is 1.92. The van der Waals surface area contributed by atoms with Gasteiger partial charge >= 0.3 is 0 Å². The van der Waals surface area contributed by atoms with Crippen LogP contribution >= 0.6 is 0 Å². The van der Waals surface area contributed by atoms with E-state index in [1.807, 2.05) is 32.0 Å². The van der Waals surface area contributed by atoms with Crippen molar-refractivity contribution in [1.29, 1.82) is 0 Å². The highest BCUT2D eigenvalue weighted by Gasteiger charge is 2.07. The lowest BCUT2D eigenvalue weighted by Gasteiger charge is -2.08. The predicted molar refractivity (Wildman–Crippen MR) is 76.2 cm³/mol. The lowest BCUT2D eigenvalue weighted by molar-refractivity contribution is 0.0949. The molecule has 0 unspecified atom stereocenters. The molecule has 2 aromatic heterocycles. The number of aromatic nitrogens is 3. The standard InChI is InChI=1S/C14H17N5O/c1-10(2)19-14-17-7-11(8-18-14)13(20)16-9-12-5-3-4-6-15-12/h3-8,10H,9H2,1-2H3,(H,16,20)(H,17,18,19). The highest BCUT2D eigenvalue weighted by Crippen LogP contribution is 2.02. The molecule has 2 heterocycles. The Labute approximate surface area is 117 Å². The number of anilines is 1. The van der Waals surface area contributed by atoms with E-state index in [4.69, 9.17) is 0 Å². The van der Waals surface area contributed by atoms with Gasteiger partial charge in [0.1, 0.15) is 0 Å². The highest BCUT2D eigenvalue weighted by molar-refractivity contribution is 5.93. The number of pyridine rings is 1. The summed E-state index contributed by atoms with van der Waals surface area (Å²) in [4.78, 5) is 24.2. The molecule has 20 heavy (non-hydrogen) atoms. The van der Waals surface area contributed by atoms with Crippen LogP contribution < -0.4 is 10.6 Å². The second-order valence-electron chi connectivity index (χ2n) is 4.60. The summed E-state index contributed by atoms with van der Waals surface area (Å²) in [6.07, 6.45) is 4.70. The van der Waals surface area contributed by atoms with Crippen LogP contribution in [0, 0.1) is 0 Å². The third-order valence-electron chi connectivity index (χ3n) is 2.49. The highest BCUT2D eigenvalue weighted by atomic mass is 16.1. The molecule has 0 aliphatic heterocycles. The van der Waals surface area contributed by atoms with Gasteiger partial charge in [0, 0.05) is 24.6 Å². The van der Waals surface area contributed by atoms with E-state index >= 15 is 0 Å². The molecule has 0 saturated carbocycles. The van der Waals surface area contributed by atoms with Crippen molar-refractivity contribution < 1.29 is 4.79 Å². The van der Waals surface area contributed by atoms with E-state index in [0.717, 1.165) is 5.69 Å². The molecular weight excluding hydrogens is 254 g/mol. The lowest BCUT2D eigenvalue weighted by Crippen LogP contribution is -2.24. The lowest BCUT2D eigenvalue weighted by atomic mass is 10.3. The zero-order chi connectivity index (χ0) is 14.4. The molecule has 2 N–H and O–H groups in total.